The maximum Gasteiger partial charge on any atom is 0.141 e. The Hall–Kier alpha value is -2.82. The van der Waals surface area contributed by atoms with Gasteiger partial charge in [-0.15, -0.1) is 0 Å². The van der Waals surface area contributed by atoms with Gasteiger partial charge in [0, 0.05) is 16.8 Å². The predicted molar refractivity (Wildman–Crippen MR) is 84.8 cm³/mol. The van der Waals surface area contributed by atoms with Gasteiger partial charge in [0.15, 0.2) is 0 Å². The number of nitrogens with one attached hydrogen (secondary N) is 1. The van der Waals surface area contributed by atoms with Crippen LogP contribution < -0.4 is 15.8 Å². The van der Waals surface area contributed by atoms with Crippen molar-refractivity contribution in [2.45, 2.75) is 6.92 Å². The Bertz CT molecular complexity index is 756. The fourth-order valence-corrected chi connectivity index (χ4v) is 2.11. The molecule has 0 radical (unpaired) electrons. The molecule has 5 heteroatoms. The van der Waals surface area contributed by atoms with Gasteiger partial charge in [0.05, 0.1) is 12.1 Å². The smallest absolute Gasteiger partial charge is 0.141 e. The van der Waals surface area contributed by atoms with Crippen molar-refractivity contribution in [2.24, 2.45) is 0 Å². The Morgan fingerprint density at radius 1 is 1.10 bits per heavy atom. The summed E-state index contributed by atoms with van der Waals surface area (Å²) in [5.41, 5.74) is 8.22. The van der Waals surface area contributed by atoms with E-state index in [-0.39, 0.29) is 0 Å². The number of benzene rings is 2. The summed E-state index contributed by atoms with van der Waals surface area (Å²) < 4.78 is 5.43. The third-order valence-corrected chi connectivity index (χ3v) is 3.09. The maximum absolute atomic E-state index is 5.78. The minimum absolute atomic E-state index is 0.657. The molecular weight excluding hydrogens is 264 g/mol. The first-order valence-corrected chi connectivity index (χ1v) is 6.76. The molecule has 0 aliphatic carbocycles. The number of anilines is 3. The second-order valence-electron chi connectivity index (χ2n) is 4.58. The first-order valence-electron chi connectivity index (χ1n) is 6.76. The zero-order chi connectivity index (χ0) is 14.7. The largest absolute Gasteiger partial charge is 0.494 e. The average molecular weight is 280 g/mol. The van der Waals surface area contributed by atoms with Crippen molar-refractivity contribution in [1.29, 1.82) is 0 Å². The predicted octanol–water partition coefficient (Wildman–Crippen LogP) is 3.35. The highest BCUT2D eigenvalue weighted by Gasteiger charge is 2.04. The molecule has 0 atom stereocenters. The summed E-state index contributed by atoms with van der Waals surface area (Å²) in [5, 5.41) is 4.22. The molecule has 5 nitrogen and oxygen atoms in total. The topological polar surface area (TPSA) is 73.1 Å². The monoisotopic (exact) mass is 280 g/mol. The van der Waals surface area contributed by atoms with Crippen molar-refractivity contribution in [3.63, 3.8) is 0 Å². The standard InChI is InChI=1S/C16H16N4O/c1-2-21-13-6-4-12(5-7-13)20-16-14-8-3-11(17)9-15(14)18-10-19-16/h3-10H,2,17H2,1H3,(H,18,19,20). The summed E-state index contributed by atoms with van der Waals surface area (Å²) in [6.07, 6.45) is 1.53. The Balaban J connectivity index is 1.90. The molecule has 0 aliphatic rings. The molecule has 0 spiro atoms. The van der Waals surface area contributed by atoms with Gasteiger partial charge in [-0.25, -0.2) is 9.97 Å². The molecular formula is C16H16N4O. The molecule has 0 amide bonds. The Morgan fingerprint density at radius 3 is 2.67 bits per heavy atom. The van der Waals surface area contributed by atoms with Crippen LogP contribution in [0.2, 0.25) is 0 Å². The second kappa shape index (κ2) is 5.66. The van der Waals surface area contributed by atoms with E-state index in [0.29, 0.717) is 12.3 Å². The van der Waals surface area contributed by atoms with Crippen molar-refractivity contribution in [1.82, 2.24) is 9.97 Å². The highest BCUT2D eigenvalue weighted by atomic mass is 16.5. The van der Waals surface area contributed by atoms with E-state index in [2.05, 4.69) is 15.3 Å². The van der Waals surface area contributed by atoms with E-state index in [0.717, 1.165) is 28.2 Å². The summed E-state index contributed by atoms with van der Waals surface area (Å²) in [7, 11) is 0. The fourth-order valence-electron chi connectivity index (χ4n) is 2.11. The van der Waals surface area contributed by atoms with Gasteiger partial charge in [-0.3, -0.25) is 0 Å². The third-order valence-electron chi connectivity index (χ3n) is 3.09. The van der Waals surface area contributed by atoms with Crippen LogP contribution in [0.5, 0.6) is 5.75 Å². The Kier molecular flexibility index (Phi) is 3.55. The van der Waals surface area contributed by atoms with Crippen LogP contribution in [0.15, 0.2) is 48.8 Å². The lowest BCUT2D eigenvalue weighted by molar-refractivity contribution is 0.340. The first-order chi connectivity index (χ1) is 10.3. The van der Waals surface area contributed by atoms with Crippen LogP contribution in [0.25, 0.3) is 10.9 Å². The number of nitrogens with two attached hydrogens (primary N) is 1. The number of rotatable bonds is 4. The average Bonchev–Trinajstić information content (AvgIpc) is 2.49. The van der Waals surface area contributed by atoms with E-state index in [4.69, 9.17) is 10.5 Å². The molecule has 0 bridgehead atoms. The molecule has 0 saturated carbocycles. The van der Waals surface area contributed by atoms with E-state index in [1.54, 1.807) is 0 Å². The highest BCUT2D eigenvalue weighted by molar-refractivity contribution is 5.92. The summed E-state index contributed by atoms with van der Waals surface area (Å²) in [6, 6.07) is 13.4. The van der Waals surface area contributed by atoms with Crippen LogP contribution in [-0.4, -0.2) is 16.6 Å². The molecule has 0 saturated heterocycles. The molecule has 1 aromatic heterocycles. The molecule has 21 heavy (non-hydrogen) atoms. The zero-order valence-corrected chi connectivity index (χ0v) is 11.7. The maximum atomic E-state index is 5.78. The molecule has 2 aromatic carbocycles. The van der Waals surface area contributed by atoms with Gasteiger partial charge < -0.3 is 15.8 Å². The molecule has 3 N–H and O–H groups in total. The zero-order valence-electron chi connectivity index (χ0n) is 11.7. The van der Waals surface area contributed by atoms with Crippen molar-refractivity contribution in [3.05, 3.63) is 48.8 Å². The number of nitrogens with zero attached hydrogens (tertiary/aromatic N) is 2. The lowest BCUT2D eigenvalue weighted by Gasteiger charge is -2.09. The second-order valence-corrected chi connectivity index (χ2v) is 4.58. The lowest BCUT2D eigenvalue weighted by atomic mass is 10.2. The number of fused-ring (bicyclic) bond motifs is 1. The van der Waals surface area contributed by atoms with Crippen LogP contribution in [0.3, 0.4) is 0 Å². The quantitative estimate of drug-likeness (QED) is 0.717. The third kappa shape index (κ3) is 2.86. The van der Waals surface area contributed by atoms with E-state index in [1.807, 2.05) is 49.4 Å². The summed E-state index contributed by atoms with van der Waals surface area (Å²) in [6.45, 7) is 2.62. The molecule has 0 aliphatic heterocycles. The van der Waals surface area contributed by atoms with Gasteiger partial charge >= 0.3 is 0 Å². The highest BCUT2D eigenvalue weighted by Crippen LogP contribution is 2.25. The molecule has 3 rings (SSSR count). The molecule has 3 aromatic rings. The van der Waals surface area contributed by atoms with Gasteiger partial charge in [0.2, 0.25) is 0 Å². The number of hydrogen-bond acceptors (Lipinski definition) is 5. The Morgan fingerprint density at radius 2 is 1.90 bits per heavy atom. The van der Waals surface area contributed by atoms with Gasteiger partial charge in [-0.2, -0.15) is 0 Å². The van der Waals surface area contributed by atoms with Gasteiger partial charge in [-0.1, -0.05) is 0 Å². The van der Waals surface area contributed by atoms with E-state index in [1.165, 1.54) is 6.33 Å². The van der Waals surface area contributed by atoms with Crippen molar-refractivity contribution < 1.29 is 4.74 Å². The fraction of sp³-hybridized carbons (Fsp3) is 0.125. The van der Waals surface area contributed by atoms with E-state index in [9.17, 15) is 0 Å². The van der Waals surface area contributed by atoms with Crippen LogP contribution in [0, 0.1) is 0 Å². The summed E-state index contributed by atoms with van der Waals surface area (Å²) in [4.78, 5) is 8.53. The number of hydrogen-bond donors (Lipinski definition) is 2. The van der Waals surface area contributed by atoms with Crippen LogP contribution in [0.1, 0.15) is 6.92 Å². The summed E-state index contributed by atoms with van der Waals surface area (Å²) in [5.74, 6) is 1.60. The van der Waals surface area contributed by atoms with Crippen LogP contribution in [0.4, 0.5) is 17.2 Å². The lowest BCUT2D eigenvalue weighted by Crippen LogP contribution is -1.97. The molecule has 1 heterocycles. The Labute approximate surface area is 122 Å². The van der Waals surface area contributed by atoms with Crippen molar-refractivity contribution in [2.75, 3.05) is 17.7 Å². The molecule has 0 unspecified atom stereocenters. The first kappa shape index (κ1) is 13.2. The van der Waals surface area contributed by atoms with Crippen molar-refractivity contribution in [3.8, 4) is 5.75 Å². The number of aromatic nitrogens is 2. The molecule has 0 fully saturated rings. The van der Waals surface area contributed by atoms with Gasteiger partial charge in [-0.05, 0) is 49.4 Å². The minimum atomic E-state index is 0.657. The minimum Gasteiger partial charge on any atom is -0.494 e. The number of ether oxygens (including phenoxy) is 1. The van der Waals surface area contributed by atoms with Crippen LogP contribution in [-0.2, 0) is 0 Å². The van der Waals surface area contributed by atoms with Crippen LogP contribution >= 0.6 is 0 Å². The number of nitrogen functional groups attached to an aromatic ring is 1. The van der Waals surface area contributed by atoms with Crippen molar-refractivity contribution >= 4 is 28.1 Å². The molecule has 106 valence electrons. The van der Waals surface area contributed by atoms with E-state index < -0.39 is 0 Å². The summed E-state index contributed by atoms with van der Waals surface area (Å²) >= 11 is 0. The normalized spacial score (nSPS) is 10.5. The van der Waals surface area contributed by atoms with Gasteiger partial charge in [0.1, 0.15) is 17.9 Å². The van der Waals surface area contributed by atoms with E-state index >= 15 is 0 Å². The SMILES string of the molecule is CCOc1ccc(Nc2ncnc3cc(N)ccc23)cc1. The van der Waals surface area contributed by atoms with Gasteiger partial charge in [0.25, 0.3) is 0 Å².